The van der Waals surface area contributed by atoms with Crippen molar-refractivity contribution in [3.8, 4) is 11.5 Å². The summed E-state index contributed by atoms with van der Waals surface area (Å²) in [6, 6.07) is 8.67. The van der Waals surface area contributed by atoms with E-state index in [0.29, 0.717) is 23.8 Å². The van der Waals surface area contributed by atoms with Crippen LogP contribution in [0.25, 0.3) is 0 Å². The van der Waals surface area contributed by atoms with Gasteiger partial charge in [0.2, 0.25) is 0 Å². The van der Waals surface area contributed by atoms with E-state index in [2.05, 4.69) is 22.5 Å². The molecule has 2 rings (SSSR count). The number of hydrogen-bond donors (Lipinski definition) is 2. The number of nitrogens with zero attached hydrogens (tertiary/aromatic N) is 1. The second kappa shape index (κ2) is 9.52. The van der Waals surface area contributed by atoms with Crippen LogP contribution in [0, 0.1) is 0 Å². The number of nitrogens with one attached hydrogen (secondary N) is 2. The van der Waals surface area contributed by atoms with Gasteiger partial charge in [0.05, 0.1) is 19.8 Å². The number of unbranched alkanes of at least 4 members (excludes halogenated alkanes) is 1. The van der Waals surface area contributed by atoms with Gasteiger partial charge in [-0.2, -0.15) is 0 Å². The summed E-state index contributed by atoms with van der Waals surface area (Å²) >= 11 is 0. The molecule has 0 saturated carbocycles. The first-order valence-corrected chi connectivity index (χ1v) is 8.42. The Kier molecular flexibility index (Phi) is 7.07. The van der Waals surface area contributed by atoms with Gasteiger partial charge in [-0.15, -0.1) is 0 Å². The molecule has 1 unspecified atom stereocenters. The highest BCUT2D eigenvalue weighted by molar-refractivity contribution is 5.89. The van der Waals surface area contributed by atoms with Crippen molar-refractivity contribution in [1.82, 2.24) is 10.3 Å². The van der Waals surface area contributed by atoms with Gasteiger partial charge in [-0.05, 0) is 43.2 Å². The van der Waals surface area contributed by atoms with Gasteiger partial charge in [0, 0.05) is 24.1 Å². The molecule has 1 atom stereocenters. The molecule has 0 bridgehead atoms. The highest BCUT2D eigenvalue weighted by atomic mass is 16.5. The van der Waals surface area contributed by atoms with Crippen LogP contribution in [0.2, 0.25) is 0 Å². The van der Waals surface area contributed by atoms with E-state index in [-0.39, 0.29) is 12.1 Å². The monoisotopic (exact) mass is 343 g/mol. The van der Waals surface area contributed by atoms with Gasteiger partial charge in [0.1, 0.15) is 0 Å². The Morgan fingerprint density at radius 1 is 1.20 bits per heavy atom. The predicted molar refractivity (Wildman–Crippen MR) is 98.2 cm³/mol. The second-order valence-corrected chi connectivity index (χ2v) is 5.67. The van der Waals surface area contributed by atoms with Gasteiger partial charge in [0.15, 0.2) is 11.5 Å². The summed E-state index contributed by atoms with van der Waals surface area (Å²) in [5.74, 6) is 1.27. The number of hydrogen-bond acceptors (Lipinski definition) is 4. The summed E-state index contributed by atoms with van der Waals surface area (Å²) in [6.07, 6.45) is 5.42. The fraction of sp³-hybridized carbons (Fsp3) is 0.368. The van der Waals surface area contributed by atoms with E-state index in [4.69, 9.17) is 9.47 Å². The van der Waals surface area contributed by atoms with Gasteiger partial charge in [-0.3, -0.25) is 4.98 Å². The summed E-state index contributed by atoms with van der Waals surface area (Å²) in [5.41, 5.74) is 1.63. The minimum Gasteiger partial charge on any atom is -0.493 e. The van der Waals surface area contributed by atoms with Crippen molar-refractivity contribution >= 4 is 11.7 Å². The molecule has 134 valence electrons. The first-order chi connectivity index (χ1) is 12.1. The SMILES string of the molecule is CCCCOc1cc(NC(=O)NC(C)c2ccncc2)ccc1OC. The van der Waals surface area contributed by atoms with Gasteiger partial charge in [0.25, 0.3) is 0 Å². The maximum absolute atomic E-state index is 12.2. The molecule has 0 saturated heterocycles. The van der Waals surface area contributed by atoms with E-state index in [1.54, 1.807) is 37.7 Å². The Hall–Kier alpha value is -2.76. The second-order valence-electron chi connectivity index (χ2n) is 5.67. The Balaban J connectivity index is 1.98. The highest BCUT2D eigenvalue weighted by Gasteiger charge is 2.11. The lowest BCUT2D eigenvalue weighted by Gasteiger charge is -2.16. The van der Waals surface area contributed by atoms with E-state index in [9.17, 15) is 4.79 Å². The van der Waals surface area contributed by atoms with Crippen molar-refractivity contribution in [1.29, 1.82) is 0 Å². The zero-order chi connectivity index (χ0) is 18.1. The number of benzene rings is 1. The molecule has 0 aliphatic carbocycles. The number of carbonyl (C=O) groups excluding carboxylic acids is 1. The summed E-state index contributed by atoms with van der Waals surface area (Å²) < 4.78 is 11.0. The number of rotatable bonds is 8. The number of amides is 2. The smallest absolute Gasteiger partial charge is 0.319 e. The fourth-order valence-corrected chi connectivity index (χ4v) is 2.29. The first kappa shape index (κ1) is 18.6. The molecule has 2 aromatic rings. The van der Waals surface area contributed by atoms with E-state index in [1.165, 1.54) is 0 Å². The van der Waals surface area contributed by atoms with Gasteiger partial charge in [-0.25, -0.2) is 4.79 Å². The lowest BCUT2D eigenvalue weighted by molar-refractivity contribution is 0.249. The van der Waals surface area contributed by atoms with Crippen molar-refractivity contribution in [3.63, 3.8) is 0 Å². The molecule has 0 aliphatic heterocycles. The van der Waals surface area contributed by atoms with Crippen LogP contribution in [-0.4, -0.2) is 24.7 Å². The van der Waals surface area contributed by atoms with Gasteiger partial charge < -0.3 is 20.1 Å². The van der Waals surface area contributed by atoms with Crippen LogP contribution in [0.5, 0.6) is 11.5 Å². The molecule has 6 heteroatoms. The predicted octanol–water partition coefficient (Wildman–Crippen LogP) is 4.15. The summed E-state index contributed by atoms with van der Waals surface area (Å²) in [7, 11) is 1.60. The van der Waals surface area contributed by atoms with Crippen molar-refractivity contribution in [2.45, 2.75) is 32.7 Å². The highest BCUT2D eigenvalue weighted by Crippen LogP contribution is 2.30. The van der Waals surface area contributed by atoms with Crippen LogP contribution < -0.4 is 20.1 Å². The van der Waals surface area contributed by atoms with E-state index >= 15 is 0 Å². The Bertz CT molecular complexity index is 677. The number of aromatic nitrogens is 1. The minimum absolute atomic E-state index is 0.124. The number of ether oxygens (including phenoxy) is 2. The van der Waals surface area contributed by atoms with E-state index < -0.39 is 0 Å². The van der Waals surface area contributed by atoms with Crippen molar-refractivity contribution in [3.05, 3.63) is 48.3 Å². The Morgan fingerprint density at radius 2 is 1.96 bits per heavy atom. The largest absolute Gasteiger partial charge is 0.493 e. The Morgan fingerprint density at radius 3 is 2.64 bits per heavy atom. The quantitative estimate of drug-likeness (QED) is 0.706. The molecule has 1 heterocycles. The molecule has 0 radical (unpaired) electrons. The third kappa shape index (κ3) is 5.67. The number of anilines is 1. The van der Waals surface area contributed by atoms with Crippen LogP contribution in [0.15, 0.2) is 42.7 Å². The lowest BCUT2D eigenvalue weighted by atomic mass is 10.1. The van der Waals surface area contributed by atoms with Crippen molar-refractivity contribution in [2.24, 2.45) is 0 Å². The number of pyridine rings is 1. The number of urea groups is 1. The molecule has 0 fully saturated rings. The standard InChI is InChI=1S/C19H25N3O3/c1-4-5-12-25-18-13-16(6-7-17(18)24-3)22-19(23)21-14(2)15-8-10-20-11-9-15/h6-11,13-14H,4-5,12H2,1-3H3,(H2,21,22,23). The zero-order valence-corrected chi connectivity index (χ0v) is 14.9. The maximum atomic E-state index is 12.2. The van der Waals surface area contributed by atoms with Crippen LogP contribution in [-0.2, 0) is 0 Å². The maximum Gasteiger partial charge on any atom is 0.319 e. The molecule has 0 spiro atoms. The summed E-state index contributed by atoms with van der Waals surface area (Å²) in [5, 5.41) is 5.72. The first-order valence-electron chi connectivity index (χ1n) is 8.42. The van der Waals surface area contributed by atoms with Crippen molar-refractivity contribution < 1.29 is 14.3 Å². The molecule has 2 N–H and O–H groups in total. The van der Waals surface area contributed by atoms with Crippen LogP contribution in [0.3, 0.4) is 0 Å². The molecule has 1 aromatic heterocycles. The molecule has 0 aliphatic rings. The van der Waals surface area contributed by atoms with Crippen LogP contribution in [0.4, 0.5) is 10.5 Å². The normalized spacial score (nSPS) is 11.5. The number of methoxy groups -OCH3 is 1. The summed E-state index contributed by atoms with van der Waals surface area (Å²) in [4.78, 5) is 16.2. The fourth-order valence-electron chi connectivity index (χ4n) is 2.29. The van der Waals surface area contributed by atoms with Crippen molar-refractivity contribution in [2.75, 3.05) is 19.0 Å². The van der Waals surface area contributed by atoms with Crippen LogP contribution in [0.1, 0.15) is 38.3 Å². The average molecular weight is 343 g/mol. The molecular formula is C19H25N3O3. The number of carbonyl (C=O) groups is 1. The molecule has 25 heavy (non-hydrogen) atoms. The third-order valence-electron chi connectivity index (χ3n) is 3.73. The van der Waals surface area contributed by atoms with Gasteiger partial charge in [-0.1, -0.05) is 13.3 Å². The third-order valence-corrected chi connectivity index (χ3v) is 3.73. The van der Waals surface area contributed by atoms with Crippen LogP contribution >= 0.6 is 0 Å². The molecular weight excluding hydrogens is 318 g/mol. The Labute approximate surface area is 148 Å². The molecule has 2 amide bonds. The zero-order valence-electron chi connectivity index (χ0n) is 14.9. The summed E-state index contributed by atoms with van der Waals surface area (Å²) in [6.45, 7) is 4.64. The topological polar surface area (TPSA) is 72.5 Å². The lowest BCUT2D eigenvalue weighted by Crippen LogP contribution is -2.31. The van der Waals surface area contributed by atoms with E-state index in [0.717, 1.165) is 18.4 Å². The minimum atomic E-state index is -0.283. The van der Waals surface area contributed by atoms with Gasteiger partial charge >= 0.3 is 6.03 Å². The van der Waals surface area contributed by atoms with E-state index in [1.807, 2.05) is 19.1 Å². The molecule has 6 nitrogen and oxygen atoms in total. The molecule has 1 aromatic carbocycles. The average Bonchev–Trinajstić information content (AvgIpc) is 2.63.